The summed E-state index contributed by atoms with van der Waals surface area (Å²) in [7, 11) is 0. The van der Waals surface area contributed by atoms with Crippen LogP contribution in [0.2, 0.25) is 1.41 Å². The predicted octanol–water partition coefficient (Wildman–Crippen LogP) is 3.64. The van der Waals surface area contributed by atoms with Crippen LogP contribution in [0.1, 0.15) is 57.8 Å². The zero-order valence-electron chi connectivity index (χ0n) is 21.0. The summed E-state index contributed by atoms with van der Waals surface area (Å²) in [6, 6.07) is 3.93. The summed E-state index contributed by atoms with van der Waals surface area (Å²) < 4.78 is 70.4. The molecule has 25 heavy (non-hydrogen) atoms. The largest absolute Gasteiger partial charge is 0.494 e. The van der Waals surface area contributed by atoms with Crippen LogP contribution in [-0.4, -0.2) is 42.7 Å². The van der Waals surface area contributed by atoms with E-state index in [9.17, 15) is 4.79 Å². The van der Waals surface area contributed by atoms with E-state index < -0.39 is 31.1 Å². The number of likely N-dealkylation sites (tertiary alicyclic amines) is 1. The first-order chi connectivity index (χ1) is 14.8. The van der Waals surface area contributed by atoms with Crippen molar-refractivity contribution >= 4 is 28.7 Å². The van der Waals surface area contributed by atoms with Crippen LogP contribution < -0.4 is 10.0 Å². The van der Waals surface area contributed by atoms with Gasteiger partial charge in [-0.15, -0.1) is 0 Å². The predicted molar refractivity (Wildman–Crippen MR) is 104 cm³/mol. The van der Waals surface area contributed by atoms with E-state index in [1.54, 1.807) is 0 Å². The van der Waals surface area contributed by atoms with Crippen LogP contribution in [0, 0.1) is 3.57 Å². The van der Waals surface area contributed by atoms with E-state index in [1.807, 2.05) is 19.1 Å². The number of amides is 1. The first-order valence-electron chi connectivity index (χ1n) is 12.0. The summed E-state index contributed by atoms with van der Waals surface area (Å²) in [5.41, 5.74) is -0.530. The summed E-state index contributed by atoms with van der Waals surface area (Å²) in [5.74, 6) is 1.08. The zero-order valence-corrected chi connectivity index (χ0v) is 16.1. The van der Waals surface area contributed by atoms with Crippen molar-refractivity contribution in [3.05, 3.63) is 26.8 Å². The molecule has 3 fully saturated rings. The number of carbonyl (C=O) groups is 1. The number of alkyl carbamates (subject to hydrolysis) is 1. The molecule has 2 heterocycles. The molecule has 1 amide bonds. The summed E-state index contributed by atoms with van der Waals surface area (Å²) in [6.07, 6.45) is -2.35. The molecule has 1 aromatic carbocycles. The average Bonchev–Trinajstić information content (AvgIpc) is 3.51. The van der Waals surface area contributed by atoms with Gasteiger partial charge in [-0.25, -0.2) is 4.79 Å². The van der Waals surface area contributed by atoms with Gasteiger partial charge >= 0.3 is 6.09 Å². The summed E-state index contributed by atoms with van der Waals surface area (Å²) in [6.45, 7) is -3.24. The first kappa shape index (κ1) is 11.0. The Labute approximate surface area is 172 Å². The molecule has 5 nitrogen and oxygen atoms in total. The maximum atomic E-state index is 11.9. The second-order valence-corrected chi connectivity index (χ2v) is 7.68. The number of hydrogen-bond donors (Lipinski definition) is 1. The van der Waals surface area contributed by atoms with Crippen molar-refractivity contribution in [3.8, 4) is 5.75 Å². The van der Waals surface area contributed by atoms with Gasteiger partial charge in [0.1, 0.15) is 11.4 Å². The molecule has 1 aromatic rings. The Morgan fingerprint density at radius 1 is 1.56 bits per heavy atom. The lowest BCUT2D eigenvalue weighted by molar-refractivity contribution is -0.00115. The van der Waals surface area contributed by atoms with Crippen molar-refractivity contribution in [1.29, 1.82) is 0 Å². The number of rotatable bonds is 5. The molecule has 2 aliphatic heterocycles. The highest BCUT2D eigenvalue weighted by Gasteiger charge is 2.42. The van der Waals surface area contributed by atoms with Crippen LogP contribution in [0.4, 0.5) is 4.79 Å². The molecule has 3 aliphatic rings. The van der Waals surface area contributed by atoms with Crippen molar-refractivity contribution in [1.82, 2.24) is 10.2 Å². The molecular weight excluding hydrogens is 431 g/mol. The van der Waals surface area contributed by atoms with Gasteiger partial charge in [0, 0.05) is 47.0 Å². The summed E-state index contributed by atoms with van der Waals surface area (Å²) >= 11 is 2.27. The van der Waals surface area contributed by atoms with E-state index in [-0.39, 0.29) is 24.8 Å². The highest BCUT2D eigenvalue weighted by atomic mass is 127. The zero-order chi connectivity index (χ0) is 23.7. The van der Waals surface area contributed by atoms with Gasteiger partial charge in [-0.1, -0.05) is 0 Å². The van der Waals surface area contributed by atoms with Gasteiger partial charge in [-0.3, -0.25) is 4.90 Å². The Hall–Kier alpha value is -1.02. The fourth-order valence-corrected chi connectivity index (χ4v) is 4.01. The second kappa shape index (κ2) is 6.95. The minimum Gasteiger partial charge on any atom is -0.494 e. The third-order valence-corrected chi connectivity index (χ3v) is 5.53. The monoisotopic (exact) mass is 463 g/mol. The lowest BCUT2D eigenvalue weighted by Crippen LogP contribution is -2.46. The van der Waals surface area contributed by atoms with E-state index in [4.69, 9.17) is 19.1 Å². The molecule has 136 valence electrons. The van der Waals surface area contributed by atoms with Crippen molar-refractivity contribution < 1.29 is 23.9 Å². The molecular formula is C19H25IN2O3. The fraction of sp³-hybridized carbons (Fsp3) is 0.632. The highest BCUT2D eigenvalue weighted by Crippen LogP contribution is 2.44. The number of nitrogens with zero attached hydrogens (tertiary/aromatic N) is 1. The van der Waals surface area contributed by atoms with Gasteiger partial charge in [0.2, 0.25) is 0 Å². The summed E-state index contributed by atoms with van der Waals surface area (Å²) in [5, 5.41) is -0.0369. The Bertz CT molecular complexity index is 944. The molecule has 4 rings (SSSR count). The number of hydrogen-bond acceptors (Lipinski definition) is 4. The SMILES string of the molecule is [2H]N1C(=O)OC2(CCN(Cc3cc(C4CC4)c(I)cc3OCC)C([2H])([2H])C2([2H])[2H])C1([2H])[2H]. The normalized spacial score (nSPS) is 37.1. The smallest absolute Gasteiger partial charge is 0.407 e. The standard InChI is InChI=1S/C19H25IN2O3/c1-2-24-17-10-16(20)15(13-3-4-13)9-14(17)11-22-7-5-19(6-8-22)12-21-18(23)25-19/h9-10,13H,2-8,11-12H2,1H3,(H,21,23)/i5D2,7D2,12D2/hD. The molecule has 1 aliphatic carbocycles. The lowest BCUT2D eigenvalue weighted by atomic mass is 9.91. The Morgan fingerprint density at radius 3 is 3.08 bits per heavy atom. The van der Waals surface area contributed by atoms with Crippen LogP contribution in [0.3, 0.4) is 0 Å². The molecule has 1 unspecified atom stereocenters. The number of halogens is 1. The summed E-state index contributed by atoms with van der Waals surface area (Å²) in [4.78, 5) is 13.2. The van der Waals surface area contributed by atoms with Gasteiger partial charge in [0.25, 0.3) is 0 Å². The number of ether oxygens (including phenoxy) is 2. The average molecular weight is 463 g/mol. The van der Waals surface area contributed by atoms with Crippen molar-refractivity contribution in [3.63, 3.8) is 0 Å². The lowest BCUT2D eigenvalue weighted by Gasteiger charge is -2.37. The molecule has 2 saturated heterocycles. The van der Waals surface area contributed by atoms with Gasteiger partial charge in [0.15, 0.2) is 1.41 Å². The van der Waals surface area contributed by atoms with Gasteiger partial charge < -0.3 is 14.8 Å². The van der Waals surface area contributed by atoms with Crippen molar-refractivity contribution in [2.24, 2.45) is 0 Å². The van der Waals surface area contributed by atoms with Crippen LogP contribution >= 0.6 is 22.6 Å². The van der Waals surface area contributed by atoms with E-state index in [0.717, 1.165) is 22.0 Å². The van der Waals surface area contributed by atoms with Crippen LogP contribution in [-0.2, 0) is 11.3 Å². The van der Waals surface area contributed by atoms with E-state index in [1.165, 1.54) is 10.5 Å². The molecule has 1 spiro atoms. The number of piperidine rings is 1. The molecule has 1 atom stereocenters. The van der Waals surface area contributed by atoms with Crippen molar-refractivity contribution in [2.45, 2.75) is 50.6 Å². The quantitative estimate of drug-likeness (QED) is 0.678. The molecule has 0 bridgehead atoms. The van der Waals surface area contributed by atoms with Crippen LogP contribution in [0.15, 0.2) is 12.1 Å². The van der Waals surface area contributed by atoms with Crippen molar-refractivity contribution in [2.75, 3.05) is 26.1 Å². The highest BCUT2D eigenvalue weighted by molar-refractivity contribution is 14.1. The Kier molecular flexibility index (Phi) is 3.05. The molecule has 0 radical (unpaired) electrons. The number of nitrogens with one attached hydrogen (secondary N) is 1. The van der Waals surface area contributed by atoms with Gasteiger partial charge in [-0.05, 0) is 66.0 Å². The molecule has 6 heteroatoms. The van der Waals surface area contributed by atoms with Crippen LogP contribution in [0.25, 0.3) is 0 Å². The maximum Gasteiger partial charge on any atom is 0.407 e. The number of carbonyl (C=O) groups excluding carboxylic acids is 1. The molecule has 0 aromatic heterocycles. The van der Waals surface area contributed by atoms with E-state index >= 15 is 0 Å². The Balaban J connectivity index is 1.69. The van der Waals surface area contributed by atoms with E-state index in [0.29, 0.717) is 18.3 Å². The number of benzene rings is 1. The topological polar surface area (TPSA) is 50.8 Å². The van der Waals surface area contributed by atoms with Gasteiger partial charge in [0.05, 0.1) is 15.8 Å². The molecule has 1 N–H and O–H groups in total. The second-order valence-electron chi connectivity index (χ2n) is 6.52. The maximum absolute atomic E-state index is 11.9. The fourth-order valence-electron chi connectivity index (χ4n) is 3.13. The molecule has 1 saturated carbocycles. The minimum absolute atomic E-state index is 0.0369. The van der Waals surface area contributed by atoms with Crippen LogP contribution in [0.5, 0.6) is 5.75 Å². The van der Waals surface area contributed by atoms with E-state index in [2.05, 4.69) is 22.6 Å². The Morgan fingerprint density at radius 2 is 2.40 bits per heavy atom. The third kappa shape index (κ3) is 3.74. The minimum atomic E-state index is -2.93. The first-order valence-corrected chi connectivity index (χ1v) is 9.60. The third-order valence-electron chi connectivity index (χ3n) is 4.60. The van der Waals surface area contributed by atoms with Gasteiger partial charge in [-0.2, -0.15) is 0 Å².